The molecule has 112 valence electrons. The minimum atomic E-state index is -1.95. The fourth-order valence-corrected chi connectivity index (χ4v) is 1.27. The number of rotatable bonds is 8. The summed E-state index contributed by atoms with van der Waals surface area (Å²) in [5.41, 5.74) is -1.95. The van der Waals surface area contributed by atoms with Crippen LogP contribution in [0.4, 0.5) is 4.79 Å². The summed E-state index contributed by atoms with van der Waals surface area (Å²) in [6.07, 6.45) is 1.03. The van der Waals surface area contributed by atoms with E-state index in [4.69, 9.17) is 5.11 Å². The third kappa shape index (κ3) is 6.97. The first-order valence-corrected chi connectivity index (χ1v) is 6.38. The third-order valence-electron chi connectivity index (χ3n) is 3.15. The molecule has 0 aliphatic carbocycles. The van der Waals surface area contributed by atoms with Crippen molar-refractivity contribution in [3.05, 3.63) is 0 Å². The summed E-state index contributed by atoms with van der Waals surface area (Å²) in [7, 11) is 1.98. The predicted octanol–water partition coefficient (Wildman–Crippen LogP) is -0.148. The summed E-state index contributed by atoms with van der Waals surface area (Å²) in [5, 5.41) is 23.0. The Morgan fingerprint density at radius 2 is 1.95 bits per heavy atom. The third-order valence-corrected chi connectivity index (χ3v) is 3.15. The van der Waals surface area contributed by atoms with Gasteiger partial charge in [0.2, 0.25) is 0 Å². The van der Waals surface area contributed by atoms with Crippen molar-refractivity contribution >= 4 is 12.0 Å². The van der Waals surface area contributed by atoms with Crippen LogP contribution in [-0.4, -0.2) is 65.4 Å². The molecule has 0 fully saturated rings. The fourth-order valence-electron chi connectivity index (χ4n) is 1.27. The summed E-state index contributed by atoms with van der Waals surface area (Å²) in [6, 6.07) is -0.0447. The number of carboxylic acids is 1. The van der Waals surface area contributed by atoms with Crippen molar-refractivity contribution in [3.63, 3.8) is 0 Å². The van der Waals surface area contributed by atoms with Gasteiger partial charge in [-0.2, -0.15) is 0 Å². The molecule has 2 amide bonds. The first kappa shape index (κ1) is 17.7. The van der Waals surface area contributed by atoms with Crippen molar-refractivity contribution in [2.75, 3.05) is 26.7 Å². The van der Waals surface area contributed by atoms with Crippen molar-refractivity contribution in [1.29, 1.82) is 0 Å². The molecule has 0 aromatic heterocycles. The number of carbonyl (C=O) groups is 2. The first-order valence-electron chi connectivity index (χ1n) is 6.38. The van der Waals surface area contributed by atoms with Gasteiger partial charge >= 0.3 is 12.0 Å². The maximum Gasteiger partial charge on any atom is 0.337 e. The van der Waals surface area contributed by atoms with Crippen molar-refractivity contribution in [1.82, 2.24) is 15.5 Å². The van der Waals surface area contributed by atoms with Gasteiger partial charge in [0.25, 0.3) is 0 Å². The SMILES string of the molecule is CCC(C)N(C)CCNC(=O)NCC(C)(O)C(=O)O. The van der Waals surface area contributed by atoms with Crippen LogP contribution in [0.25, 0.3) is 0 Å². The molecule has 0 aliphatic heterocycles. The van der Waals surface area contributed by atoms with Gasteiger partial charge in [0.15, 0.2) is 5.60 Å². The van der Waals surface area contributed by atoms with Crippen LogP contribution in [0.1, 0.15) is 27.2 Å². The quantitative estimate of drug-likeness (QED) is 0.493. The van der Waals surface area contributed by atoms with Crippen molar-refractivity contribution in [2.24, 2.45) is 0 Å². The Kier molecular flexibility index (Phi) is 7.40. The summed E-state index contributed by atoms with van der Waals surface area (Å²) >= 11 is 0. The lowest BCUT2D eigenvalue weighted by Gasteiger charge is -2.23. The van der Waals surface area contributed by atoms with Gasteiger partial charge in [0.1, 0.15) is 0 Å². The van der Waals surface area contributed by atoms with Gasteiger partial charge < -0.3 is 25.7 Å². The molecule has 0 spiro atoms. The van der Waals surface area contributed by atoms with Gasteiger partial charge in [-0.25, -0.2) is 9.59 Å². The second-order valence-corrected chi connectivity index (χ2v) is 4.93. The van der Waals surface area contributed by atoms with Gasteiger partial charge in [0.05, 0.1) is 6.54 Å². The second kappa shape index (κ2) is 7.96. The number of carboxylic acid groups (broad SMARTS) is 1. The number of aliphatic hydroxyl groups is 1. The van der Waals surface area contributed by atoms with Crippen LogP contribution in [0.3, 0.4) is 0 Å². The second-order valence-electron chi connectivity index (χ2n) is 4.93. The highest BCUT2D eigenvalue weighted by atomic mass is 16.4. The molecule has 0 aliphatic rings. The van der Waals surface area contributed by atoms with E-state index in [0.717, 1.165) is 13.3 Å². The lowest BCUT2D eigenvalue weighted by atomic mass is 10.1. The average Bonchev–Trinajstić information content (AvgIpc) is 2.35. The number of amides is 2. The zero-order valence-electron chi connectivity index (χ0n) is 12.1. The smallest absolute Gasteiger partial charge is 0.337 e. The van der Waals surface area contributed by atoms with Gasteiger partial charge in [-0.3, -0.25) is 0 Å². The van der Waals surface area contributed by atoms with Crippen molar-refractivity contribution in [2.45, 2.75) is 38.8 Å². The molecule has 7 nitrogen and oxygen atoms in total. The number of carbonyl (C=O) groups excluding carboxylic acids is 1. The van der Waals surface area contributed by atoms with E-state index >= 15 is 0 Å². The van der Waals surface area contributed by atoms with E-state index < -0.39 is 17.6 Å². The average molecular weight is 275 g/mol. The fraction of sp³-hybridized carbons (Fsp3) is 0.833. The molecule has 0 saturated heterocycles. The lowest BCUT2D eigenvalue weighted by Crippen LogP contribution is -2.50. The number of nitrogens with one attached hydrogen (secondary N) is 2. The van der Waals surface area contributed by atoms with E-state index in [1.165, 1.54) is 0 Å². The topological polar surface area (TPSA) is 102 Å². The van der Waals surface area contributed by atoms with Crippen LogP contribution < -0.4 is 10.6 Å². The predicted molar refractivity (Wildman–Crippen MR) is 72.0 cm³/mol. The Balaban J connectivity index is 3.86. The summed E-state index contributed by atoms with van der Waals surface area (Å²) in [4.78, 5) is 24.1. The molecule has 2 unspecified atom stereocenters. The summed E-state index contributed by atoms with van der Waals surface area (Å²) in [5.74, 6) is -1.37. The zero-order valence-corrected chi connectivity index (χ0v) is 12.1. The monoisotopic (exact) mass is 275 g/mol. The van der Waals surface area contributed by atoms with Crippen LogP contribution in [0, 0.1) is 0 Å². The standard InChI is InChI=1S/C12H25N3O4/c1-5-9(2)15(4)7-6-13-11(18)14-8-12(3,19)10(16)17/h9,19H,5-8H2,1-4H3,(H,16,17)(H2,13,14,18). The van der Waals surface area contributed by atoms with E-state index in [1.807, 2.05) is 7.05 Å². The Hall–Kier alpha value is -1.34. The number of urea groups is 1. The number of nitrogens with zero attached hydrogens (tertiary/aromatic N) is 1. The highest BCUT2D eigenvalue weighted by Crippen LogP contribution is 2.00. The summed E-state index contributed by atoms with van der Waals surface area (Å²) in [6.45, 7) is 6.15. The van der Waals surface area contributed by atoms with E-state index in [9.17, 15) is 14.7 Å². The zero-order chi connectivity index (χ0) is 15.1. The van der Waals surface area contributed by atoms with Crippen molar-refractivity contribution in [3.8, 4) is 0 Å². The molecule has 2 atom stereocenters. The molecule has 0 radical (unpaired) electrons. The molecule has 0 heterocycles. The van der Waals surface area contributed by atoms with Crippen LogP contribution in [0.15, 0.2) is 0 Å². The normalized spacial score (nSPS) is 15.7. The van der Waals surface area contributed by atoms with E-state index in [2.05, 4.69) is 29.4 Å². The van der Waals surface area contributed by atoms with Crippen molar-refractivity contribution < 1.29 is 19.8 Å². The van der Waals surface area contributed by atoms with E-state index in [-0.39, 0.29) is 6.54 Å². The highest BCUT2D eigenvalue weighted by Gasteiger charge is 2.30. The van der Waals surface area contributed by atoms with E-state index in [1.54, 1.807) is 0 Å². The van der Waals surface area contributed by atoms with Gasteiger partial charge in [0, 0.05) is 19.1 Å². The number of hydrogen-bond donors (Lipinski definition) is 4. The van der Waals surface area contributed by atoms with Gasteiger partial charge in [-0.15, -0.1) is 0 Å². The van der Waals surface area contributed by atoms with Gasteiger partial charge in [-0.1, -0.05) is 6.92 Å². The Morgan fingerprint density at radius 3 is 2.42 bits per heavy atom. The molecule has 0 aromatic rings. The number of likely N-dealkylation sites (N-methyl/N-ethyl adjacent to an activating group) is 1. The van der Waals surface area contributed by atoms with Gasteiger partial charge in [-0.05, 0) is 27.3 Å². The summed E-state index contributed by atoms with van der Waals surface area (Å²) < 4.78 is 0. The molecular weight excluding hydrogens is 250 g/mol. The van der Waals surface area contributed by atoms with Crippen LogP contribution in [0.2, 0.25) is 0 Å². The van der Waals surface area contributed by atoms with Crippen LogP contribution in [-0.2, 0) is 4.79 Å². The minimum Gasteiger partial charge on any atom is -0.479 e. The Bertz CT molecular complexity index is 307. The number of aliphatic carboxylic acids is 1. The Labute approximate surface area is 114 Å². The Morgan fingerprint density at radius 1 is 1.37 bits per heavy atom. The first-order chi connectivity index (χ1) is 8.70. The molecule has 0 rings (SSSR count). The molecule has 4 N–H and O–H groups in total. The minimum absolute atomic E-state index is 0.338. The number of hydrogen-bond acceptors (Lipinski definition) is 4. The van der Waals surface area contributed by atoms with Crippen LogP contribution in [0.5, 0.6) is 0 Å². The molecular formula is C12H25N3O4. The maximum atomic E-state index is 11.4. The molecule has 7 heteroatoms. The molecule has 19 heavy (non-hydrogen) atoms. The largest absolute Gasteiger partial charge is 0.479 e. The van der Waals surface area contributed by atoms with Crippen LogP contribution >= 0.6 is 0 Å². The van der Waals surface area contributed by atoms with E-state index in [0.29, 0.717) is 19.1 Å². The molecule has 0 saturated carbocycles. The molecule has 0 aromatic carbocycles. The lowest BCUT2D eigenvalue weighted by molar-refractivity contribution is -0.155. The molecule has 0 bridgehead atoms. The maximum absolute atomic E-state index is 11.4. The highest BCUT2D eigenvalue weighted by molar-refractivity contribution is 5.79.